The maximum absolute atomic E-state index is 3.48. The molecule has 0 bridgehead atoms. The zero-order chi connectivity index (χ0) is 8.27. The van der Waals surface area contributed by atoms with Gasteiger partial charge in [0.1, 0.15) is 6.29 Å². The van der Waals surface area contributed by atoms with Crippen LogP contribution in [0.25, 0.3) is 0 Å². The lowest BCUT2D eigenvalue weighted by Crippen LogP contribution is -2.60. The average molecular weight is 157 g/mol. The molecule has 1 aliphatic rings. The van der Waals surface area contributed by atoms with E-state index in [0.717, 1.165) is 13.1 Å². The molecule has 0 aromatic carbocycles. The second-order valence-corrected chi connectivity index (χ2v) is 3.29. The van der Waals surface area contributed by atoms with Gasteiger partial charge < -0.3 is 0 Å². The van der Waals surface area contributed by atoms with E-state index in [9.17, 15) is 0 Å². The van der Waals surface area contributed by atoms with E-state index in [2.05, 4.69) is 36.4 Å². The van der Waals surface area contributed by atoms with Crippen LogP contribution in [0.4, 0.5) is 0 Å². The molecule has 1 fully saturated rings. The second kappa shape index (κ2) is 4.04. The quantitative estimate of drug-likeness (QED) is 0.599. The van der Waals surface area contributed by atoms with Gasteiger partial charge in [-0.05, 0) is 33.5 Å². The van der Waals surface area contributed by atoms with Crippen molar-refractivity contribution >= 4 is 0 Å². The molecule has 0 saturated carbocycles. The zero-order valence-corrected chi connectivity index (χ0v) is 7.72. The molecular weight excluding hydrogens is 138 g/mol. The van der Waals surface area contributed by atoms with Gasteiger partial charge in [-0.1, -0.05) is 6.92 Å². The normalized spacial score (nSPS) is 32.7. The number of rotatable bonds is 2. The van der Waals surface area contributed by atoms with Crippen LogP contribution in [-0.2, 0) is 0 Å². The minimum Gasteiger partial charge on any atom is -0.289 e. The van der Waals surface area contributed by atoms with Gasteiger partial charge in [0.25, 0.3) is 0 Å². The predicted octanol–water partition coefficient (Wildman–Crippen LogP) is 0.193. The smallest absolute Gasteiger partial charge is 0.114 e. The van der Waals surface area contributed by atoms with Crippen molar-refractivity contribution in [3.05, 3.63) is 0 Å². The zero-order valence-electron chi connectivity index (χ0n) is 7.72. The first-order valence-corrected chi connectivity index (χ1v) is 4.43. The number of nitrogens with zero attached hydrogens (tertiary/aromatic N) is 1. The molecule has 2 N–H and O–H groups in total. The Morgan fingerprint density at radius 2 is 2.27 bits per heavy atom. The Morgan fingerprint density at radius 3 is 2.82 bits per heavy atom. The molecule has 0 aromatic heterocycles. The fourth-order valence-corrected chi connectivity index (χ4v) is 1.31. The van der Waals surface area contributed by atoms with E-state index in [4.69, 9.17) is 0 Å². The third-order valence-corrected chi connectivity index (χ3v) is 2.30. The molecule has 1 rings (SSSR count). The highest BCUT2D eigenvalue weighted by Gasteiger charge is 2.18. The van der Waals surface area contributed by atoms with Crippen LogP contribution < -0.4 is 10.6 Å². The standard InChI is InChI=1S/C8H19N3/c1-4-11(3)8-9-6-5-7(2)10-8/h7-10H,4-6H2,1-3H3. The van der Waals surface area contributed by atoms with Crippen LogP contribution >= 0.6 is 0 Å². The van der Waals surface area contributed by atoms with E-state index in [1.807, 2.05) is 0 Å². The fraction of sp³-hybridized carbons (Fsp3) is 1.00. The molecule has 3 heteroatoms. The first kappa shape index (κ1) is 8.97. The monoisotopic (exact) mass is 157 g/mol. The molecule has 1 heterocycles. The Labute approximate surface area is 69.1 Å². The van der Waals surface area contributed by atoms with Crippen LogP contribution in [-0.4, -0.2) is 37.4 Å². The van der Waals surface area contributed by atoms with Crippen LogP contribution in [0.3, 0.4) is 0 Å². The maximum Gasteiger partial charge on any atom is 0.114 e. The van der Waals surface area contributed by atoms with E-state index in [-0.39, 0.29) is 0 Å². The lowest BCUT2D eigenvalue weighted by molar-refractivity contribution is 0.135. The Hall–Kier alpha value is -0.120. The average Bonchev–Trinajstić information content (AvgIpc) is 2.03. The van der Waals surface area contributed by atoms with Gasteiger partial charge in [0.05, 0.1) is 0 Å². The summed E-state index contributed by atoms with van der Waals surface area (Å²) in [6.45, 7) is 6.61. The van der Waals surface area contributed by atoms with Gasteiger partial charge in [-0.3, -0.25) is 15.5 Å². The molecule has 0 aromatic rings. The molecule has 1 saturated heterocycles. The summed E-state index contributed by atoms with van der Waals surface area (Å²) >= 11 is 0. The van der Waals surface area contributed by atoms with Crippen molar-refractivity contribution in [2.45, 2.75) is 32.6 Å². The van der Waals surface area contributed by atoms with Gasteiger partial charge in [0, 0.05) is 6.04 Å². The van der Waals surface area contributed by atoms with Gasteiger partial charge >= 0.3 is 0 Å². The topological polar surface area (TPSA) is 27.3 Å². The van der Waals surface area contributed by atoms with Crippen molar-refractivity contribution in [3.63, 3.8) is 0 Å². The lowest BCUT2D eigenvalue weighted by atomic mass is 10.2. The van der Waals surface area contributed by atoms with E-state index >= 15 is 0 Å². The molecule has 2 atom stereocenters. The van der Waals surface area contributed by atoms with E-state index in [1.54, 1.807) is 0 Å². The summed E-state index contributed by atoms with van der Waals surface area (Å²) < 4.78 is 0. The minimum absolute atomic E-state index is 0.378. The highest BCUT2D eigenvalue weighted by atomic mass is 15.4. The highest BCUT2D eigenvalue weighted by molar-refractivity contribution is 4.75. The predicted molar refractivity (Wildman–Crippen MR) is 47.3 cm³/mol. The molecule has 0 radical (unpaired) electrons. The second-order valence-electron chi connectivity index (χ2n) is 3.29. The fourth-order valence-electron chi connectivity index (χ4n) is 1.31. The van der Waals surface area contributed by atoms with Crippen molar-refractivity contribution in [1.82, 2.24) is 15.5 Å². The third kappa shape index (κ3) is 2.43. The molecule has 0 spiro atoms. The molecule has 3 nitrogen and oxygen atoms in total. The summed E-state index contributed by atoms with van der Waals surface area (Å²) in [6, 6.07) is 0.648. The summed E-state index contributed by atoms with van der Waals surface area (Å²) in [4.78, 5) is 2.27. The minimum atomic E-state index is 0.378. The first-order valence-electron chi connectivity index (χ1n) is 4.43. The summed E-state index contributed by atoms with van der Waals surface area (Å²) in [5, 5.41) is 6.90. The molecule has 66 valence electrons. The molecule has 0 amide bonds. The Morgan fingerprint density at radius 1 is 1.55 bits per heavy atom. The molecule has 0 aliphatic carbocycles. The van der Waals surface area contributed by atoms with Gasteiger partial charge in [0.2, 0.25) is 0 Å². The van der Waals surface area contributed by atoms with Crippen molar-refractivity contribution in [2.24, 2.45) is 0 Å². The van der Waals surface area contributed by atoms with Gasteiger partial charge in [-0.2, -0.15) is 0 Å². The third-order valence-electron chi connectivity index (χ3n) is 2.30. The number of hydrogen-bond acceptors (Lipinski definition) is 3. The van der Waals surface area contributed by atoms with Crippen molar-refractivity contribution in [3.8, 4) is 0 Å². The van der Waals surface area contributed by atoms with Crippen molar-refractivity contribution in [1.29, 1.82) is 0 Å². The van der Waals surface area contributed by atoms with Crippen LogP contribution in [0.15, 0.2) is 0 Å². The SMILES string of the molecule is CCN(C)C1NCCC(C)N1. The number of nitrogens with one attached hydrogen (secondary N) is 2. The number of hydrogen-bond donors (Lipinski definition) is 2. The van der Waals surface area contributed by atoms with Crippen molar-refractivity contribution < 1.29 is 0 Å². The van der Waals surface area contributed by atoms with Gasteiger partial charge in [0.15, 0.2) is 0 Å². The van der Waals surface area contributed by atoms with Crippen LogP contribution in [0.2, 0.25) is 0 Å². The lowest BCUT2D eigenvalue weighted by Gasteiger charge is -2.35. The van der Waals surface area contributed by atoms with E-state index < -0.39 is 0 Å². The Kier molecular flexibility index (Phi) is 3.30. The van der Waals surface area contributed by atoms with Gasteiger partial charge in [-0.15, -0.1) is 0 Å². The van der Waals surface area contributed by atoms with Crippen LogP contribution in [0, 0.1) is 0 Å². The van der Waals surface area contributed by atoms with Crippen LogP contribution in [0.1, 0.15) is 20.3 Å². The van der Waals surface area contributed by atoms with Crippen LogP contribution in [0.5, 0.6) is 0 Å². The Balaban J connectivity index is 2.33. The highest BCUT2D eigenvalue weighted by Crippen LogP contribution is 2.00. The summed E-state index contributed by atoms with van der Waals surface area (Å²) in [5.41, 5.74) is 0. The summed E-state index contributed by atoms with van der Waals surface area (Å²) in [6.07, 6.45) is 1.61. The van der Waals surface area contributed by atoms with Gasteiger partial charge in [-0.25, -0.2) is 0 Å². The molecule has 11 heavy (non-hydrogen) atoms. The maximum atomic E-state index is 3.48. The van der Waals surface area contributed by atoms with Crippen molar-refractivity contribution in [2.75, 3.05) is 20.1 Å². The summed E-state index contributed by atoms with van der Waals surface area (Å²) in [7, 11) is 2.13. The Bertz CT molecular complexity index is 116. The molecule has 1 aliphatic heterocycles. The molecule has 2 unspecified atom stereocenters. The summed E-state index contributed by atoms with van der Waals surface area (Å²) in [5.74, 6) is 0. The van der Waals surface area contributed by atoms with E-state index in [0.29, 0.717) is 12.3 Å². The first-order chi connectivity index (χ1) is 5.24. The van der Waals surface area contributed by atoms with E-state index in [1.165, 1.54) is 6.42 Å². The molecular formula is C8H19N3. The largest absolute Gasteiger partial charge is 0.289 e.